The van der Waals surface area contributed by atoms with Crippen LogP contribution in [0.2, 0.25) is 0 Å². The van der Waals surface area contributed by atoms with E-state index in [9.17, 15) is 14.7 Å². The Bertz CT molecular complexity index is 1030. The number of aliphatic hydroxyl groups is 1. The highest BCUT2D eigenvalue weighted by Gasteiger charge is 2.48. The van der Waals surface area contributed by atoms with Crippen molar-refractivity contribution < 1.29 is 38.4 Å². The Morgan fingerprint density at radius 2 is 2.00 bits per heavy atom. The molecule has 1 fully saturated rings. The molecule has 4 aliphatic rings. The average molecular weight is 557 g/mol. The molecular weight excluding hydrogens is 512 g/mol. The van der Waals surface area contributed by atoms with Gasteiger partial charge in [-0.2, -0.15) is 0 Å². The molecule has 220 valence electrons. The summed E-state index contributed by atoms with van der Waals surface area (Å²) in [5, 5.41) is 11.0. The van der Waals surface area contributed by atoms with Crippen molar-refractivity contribution in [1.82, 2.24) is 0 Å². The van der Waals surface area contributed by atoms with Crippen LogP contribution in [0.5, 0.6) is 0 Å². The molecule has 4 rings (SSSR count). The first-order valence-electron chi connectivity index (χ1n) is 14.5. The topological polar surface area (TPSA) is 104 Å². The number of rotatable bonds is 4. The third-order valence-corrected chi connectivity index (χ3v) is 7.74. The standard InChI is InChI=1S/C32H44O8/c1-20-13-14-36-25(16-20)11-12-27(34)28-19-30-32(40-30)29(37-23(4)33)18-22(3)15-21(2)17-26-9-5-7-24(38-26)8-6-10-31(35)39-28/h5-7,10-13,21,24-30,32,34H,3,8-9,14-19H2,1-2,4H3/t21-,24-,25+,26-,27-,28-,29-,30-,32-/m0/s1. The maximum atomic E-state index is 12.8. The lowest BCUT2D eigenvalue weighted by atomic mass is 9.90. The first-order valence-corrected chi connectivity index (χ1v) is 14.5. The van der Waals surface area contributed by atoms with E-state index in [0.29, 0.717) is 25.4 Å². The second-order valence-corrected chi connectivity index (χ2v) is 11.6. The molecule has 0 amide bonds. The second kappa shape index (κ2) is 14.4. The molecule has 1 saturated heterocycles. The summed E-state index contributed by atoms with van der Waals surface area (Å²) in [6.07, 6.45) is 14.1. The fourth-order valence-electron chi connectivity index (χ4n) is 5.75. The maximum Gasteiger partial charge on any atom is 0.330 e. The van der Waals surface area contributed by atoms with Crippen molar-refractivity contribution >= 4 is 11.9 Å². The van der Waals surface area contributed by atoms with Gasteiger partial charge in [0, 0.05) is 25.8 Å². The van der Waals surface area contributed by atoms with Gasteiger partial charge >= 0.3 is 11.9 Å². The molecule has 0 saturated carbocycles. The van der Waals surface area contributed by atoms with Crippen LogP contribution >= 0.6 is 0 Å². The van der Waals surface area contributed by atoms with Gasteiger partial charge in [0.05, 0.1) is 31.0 Å². The molecule has 8 nitrogen and oxygen atoms in total. The fourth-order valence-corrected chi connectivity index (χ4v) is 5.75. The molecule has 40 heavy (non-hydrogen) atoms. The number of carbonyl (C=O) groups excluding carboxylic acids is 2. The number of esters is 2. The number of fused-ring (bicyclic) bond motifs is 3. The molecule has 0 aromatic heterocycles. The Morgan fingerprint density at radius 1 is 1.18 bits per heavy atom. The van der Waals surface area contributed by atoms with Gasteiger partial charge in [0.15, 0.2) is 0 Å². The average Bonchev–Trinajstić information content (AvgIpc) is 3.65. The summed E-state index contributed by atoms with van der Waals surface area (Å²) in [7, 11) is 0. The van der Waals surface area contributed by atoms with E-state index >= 15 is 0 Å². The van der Waals surface area contributed by atoms with Crippen molar-refractivity contribution in [3.05, 3.63) is 60.3 Å². The summed E-state index contributed by atoms with van der Waals surface area (Å²) in [5.74, 6) is -0.580. The monoisotopic (exact) mass is 556 g/mol. The third-order valence-electron chi connectivity index (χ3n) is 7.74. The van der Waals surface area contributed by atoms with Gasteiger partial charge in [0.25, 0.3) is 0 Å². The fraction of sp³-hybridized carbons (Fsp3) is 0.625. The van der Waals surface area contributed by atoms with E-state index in [1.807, 2.05) is 25.2 Å². The Balaban J connectivity index is 1.50. The Labute approximate surface area is 237 Å². The largest absolute Gasteiger partial charge is 0.459 e. The Morgan fingerprint density at radius 3 is 2.77 bits per heavy atom. The van der Waals surface area contributed by atoms with Gasteiger partial charge in [-0.1, -0.05) is 61.1 Å². The highest BCUT2D eigenvalue weighted by molar-refractivity contribution is 5.82. The summed E-state index contributed by atoms with van der Waals surface area (Å²) >= 11 is 0. The number of aliphatic hydroxyl groups excluding tert-OH is 1. The highest BCUT2D eigenvalue weighted by Crippen LogP contribution is 2.36. The number of hydrogen-bond donors (Lipinski definition) is 1. The molecule has 4 heterocycles. The predicted molar refractivity (Wildman–Crippen MR) is 150 cm³/mol. The number of ether oxygens (including phenoxy) is 5. The summed E-state index contributed by atoms with van der Waals surface area (Å²) in [5.41, 5.74) is 2.22. The Kier molecular flexibility index (Phi) is 11.0. The lowest BCUT2D eigenvalue weighted by Gasteiger charge is -2.28. The molecular formula is C32H44O8. The lowest BCUT2D eigenvalue weighted by Crippen LogP contribution is -2.33. The second-order valence-electron chi connectivity index (χ2n) is 11.6. The zero-order chi connectivity index (χ0) is 28.6. The Hall–Kier alpha value is -2.52. The van der Waals surface area contributed by atoms with Gasteiger partial charge in [0.2, 0.25) is 0 Å². The van der Waals surface area contributed by atoms with Crippen LogP contribution in [0.4, 0.5) is 0 Å². The highest BCUT2D eigenvalue weighted by atomic mass is 16.6. The molecule has 1 N–H and O–H groups in total. The minimum atomic E-state index is -1.06. The van der Waals surface area contributed by atoms with E-state index in [-0.39, 0.29) is 42.9 Å². The molecule has 0 aromatic rings. The zero-order valence-electron chi connectivity index (χ0n) is 23.9. The summed E-state index contributed by atoms with van der Waals surface area (Å²) in [4.78, 5) is 24.7. The van der Waals surface area contributed by atoms with Gasteiger partial charge in [0.1, 0.15) is 24.4 Å². The van der Waals surface area contributed by atoms with Crippen LogP contribution in [0, 0.1) is 5.92 Å². The van der Waals surface area contributed by atoms with E-state index in [1.165, 1.54) is 18.6 Å². The number of epoxide rings is 1. The van der Waals surface area contributed by atoms with E-state index in [2.05, 4.69) is 19.6 Å². The van der Waals surface area contributed by atoms with Crippen LogP contribution < -0.4 is 0 Å². The van der Waals surface area contributed by atoms with Gasteiger partial charge in [-0.25, -0.2) is 4.79 Å². The van der Waals surface area contributed by atoms with Crippen molar-refractivity contribution in [2.24, 2.45) is 5.92 Å². The van der Waals surface area contributed by atoms with Crippen molar-refractivity contribution in [1.29, 1.82) is 0 Å². The van der Waals surface area contributed by atoms with Gasteiger partial charge < -0.3 is 28.8 Å². The zero-order valence-corrected chi connectivity index (χ0v) is 23.9. The molecule has 4 aliphatic heterocycles. The molecule has 8 heteroatoms. The molecule has 2 bridgehead atoms. The van der Waals surface area contributed by atoms with Crippen LogP contribution in [-0.4, -0.2) is 72.5 Å². The summed E-state index contributed by atoms with van der Waals surface area (Å²) < 4.78 is 29.3. The molecule has 9 atom stereocenters. The first-order chi connectivity index (χ1) is 19.2. The number of hydrogen-bond acceptors (Lipinski definition) is 8. The SMILES string of the molecule is C=C1C[C@H](C)C[C@@H]2CC=C[C@@H](CC=CC(=O)O[C@H]([C@@H](O)C=C[C@@H]3CC(C)=CCO3)C[C@@H]3O[C@H]3[C@@H](OC(C)=O)C1)O2. The smallest absolute Gasteiger partial charge is 0.330 e. The quantitative estimate of drug-likeness (QED) is 0.303. The maximum absolute atomic E-state index is 12.8. The van der Waals surface area contributed by atoms with Gasteiger partial charge in [-0.15, -0.1) is 0 Å². The van der Waals surface area contributed by atoms with Crippen molar-refractivity contribution in [3.63, 3.8) is 0 Å². The van der Waals surface area contributed by atoms with Crippen LogP contribution in [0.3, 0.4) is 0 Å². The van der Waals surface area contributed by atoms with E-state index < -0.39 is 24.3 Å². The van der Waals surface area contributed by atoms with Gasteiger partial charge in [-0.3, -0.25) is 4.79 Å². The van der Waals surface area contributed by atoms with Crippen LogP contribution in [0.25, 0.3) is 0 Å². The molecule has 0 spiro atoms. The molecule has 0 aromatic carbocycles. The molecule has 0 aliphatic carbocycles. The van der Waals surface area contributed by atoms with Gasteiger partial charge in [-0.05, 0) is 44.9 Å². The summed E-state index contributed by atoms with van der Waals surface area (Å²) in [6, 6.07) is 0. The number of carbonyl (C=O) groups is 2. The third kappa shape index (κ3) is 9.54. The first kappa shape index (κ1) is 30.4. The van der Waals surface area contributed by atoms with Crippen molar-refractivity contribution in [2.75, 3.05) is 6.61 Å². The number of cyclic esters (lactones) is 1. The minimum absolute atomic E-state index is 0.0937. The van der Waals surface area contributed by atoms with Crippen LogP contribution in [0.1, 0.15) is 65.7 Å². The minimum Gasteiger partial charge on any atom is -0.459 e. The molecule has 0 unspecified atom stereocenters. The normalized spacial score (nSPS) is 36.5. The molecule has 0 radical (unpaired) electrons. The lowest BCUT2D eigenvalue weighted by molar-refractivity contribution is -0.148. The van der Waals surface area contributed by atoms with Crippen LogP contribution in [-0.2, 0) is 33.3 Å². The summed E-state index contributed by atoms with van der Waals surface area (Å²) in [6.45, 7) is 10.4. The van der Waals surface area contributed by atoms with E-state index in [4.69, 9.17) is 23.7 Å². The van der Waals surface area contributed by atoms with Crippen LogP contribution in [0.15, 0.2) is 60.3 Å². The van der Waals surface area contributed by atoms with Crippen molar-refractivity contribution in [2.45, 2.75) is 115 Å². The van der Waals surface area contributed by atoms with E-state index in [1.54, 1.807) is 12.2 Å². The predicted octanol–water partition coefficient (Wildman–Crippen LogP) is 4.68. The van der Waals surface area contributed by atoms with Crippen molar-refractivity contribution in [3.8, 4) is 0 Å². The van der Waals surface area contributed by atoms with E-state index in [0.717, 1.165) is 31.3 Å².